The standard InChI is InChI=1S/C32H43N3O8/c1-9-19(2)26(29(38)39)42-23-16-14-20(15-17-23)25(36)24(18-41-31(3,4)5)34-28(37)22-12-10-21(11-13-22)27(33)35-30(40)43-32(6,7)8/h10-17,19,24,26H,9,18H2,1-8H3,(H,34,37)(H,38,39)(H2,33,35,40)/t19-,24?,26?/m0/s1. The summed E-state index contributed by atoms with van der Waals surface area (Å²) in [5, 5.41) is 22.7. The van der Waals surface area contributed by atoms with Crippen molar-refractivity contribution < 1.29 is 38.5 Å². The van der Waals surface area contributed by atoms with Crippen LogP contribution >= 0.6 is 0 Å². The molecule has 0 saturated carbocycles. The molecule has 0 aliphatic carbocycles. The zero-order chi connectivity index (χ0) is 32.5. The first kappa shape index (κ1) is 34.9. The number of benzene rings is 2. The Bertz CT molecular complexity index is 1290. The maximum Gasteiger partial charge on any atom is 0.413 e. The van der Waals surface area contributed by atoms with Gasteiger partial charge in [-0.05, 0) is 84.4 Å². The summed E-state index contributed by atoms with van der Waals surface area (Å²) in [6.07, 6.45) is -1.17. The van der Waals surface area contributed by atoms with Crippen molar-refractivity contribution in [3.63, 3.8) is 0 Å². The van der Waals surface area contributed by atoms with Crippen molar-refractivity contribution in [2.24, 2.45) is 5.92 Å². The van der Waals surface area contributed by atoms with Gasteiger partial charge in [0.2, 0.25) is 0 Å². The highest BCUT2D eigenvalue weighted by Crippen LogP contribution is 2.20. The van der Waals surface area contributed by atoms with E-state index in [1.165, 1.54) is 48.5 Å². The molecule has 0 radical (unpaired) electrons. The van der Waals surface area contributed by atoms with Crippen LogP contribution in [-0.4, -0.2) is 64.6 Å². The van der Waals surface area contributed by atoms with Crippen LogP contribution in [0.4, 0.5) is 4.79 Å². The third kappa shape index (κ3) is 11.5. The maximum atomic E-state index is 13.5. The lowest BCUT2D eigenvalue weighted by molar-refractivity contribution is -0.147. The van der Waals surface area contributed by atoms with Gasteiger partial charge in [-0.3, -0.25) is 20.3 Å². The molecule has 234 valence electrons. The van der Waals surface area contributed by atoms with Crippen molar-refractivity contribution in [2.75, 3.05) is 6.61 Å². The Hall–Kier alpha value is -4.25. The average Bonchev–Trinajstić information content (AvgIpc) is 2.91. The smallest absolute Gasteiger partial charge is 0.413 e. The monoisotopic (exact) mass is 597 g/mol. The van der Waals surface area contributed by atoms with Gasteiger partial charge < -0.3 is 24.6 Å². The summed E-state index contributed by atoms with van der Waals surface area (Å²) in [5.74, 6) is -2.11. The van der Waals surface area contributed by atoms with Crippen molar-refractivity contribution in [1.82, 2.24) is 10.6 Å². The molecule has 0 saturated heterocycles. The Balaban J connectivity index is 2.17. The van der Waals surface area contributed by atoms with Crippen molar-refractivity contribution in [3.8, 4) is 5.75 Å². The molecule has 0 heterocycles. The van der Waals surface area contributed by atoms with Crippen LogP contribution in [0.15, 0.2) is 48.5 Å². The zero-order valence-electron chi connectivity index (χ0n) is 26.1. The number of ether oxygens (including phenoxy) is 3. The number of carbonyl (C=O) groups is 4. The molecule has 0 bridgehead atoms. The van der Waals surface area contributed by atoms with Gasteiger partial charge in [-0.1, -0.05) is 26.0 Å². The fourth-order valence-electron chi connectivity index (χ4n) is 3.69. The minimum absolute atomic E-state index is 0.0933. The Labute approximate surface area is 252 Å². The first-order valence-electron chi connectivity index (χ1n) is 14.1. The molecule has 2 unspecified atom stereocenters. The van der Waals surface area contributed by atoms with Crippen molar-refractivity contribution in [2.45, 2.75) is 85.2 Å². The number of rotatable bonds is 12. The number of nitrogens with one attached hydrogen (secondary N) is 3. The van der Waals surface area contributed by atoms with E-state index in [0.29, 0.717) is 17.7 Å². The van der Waals surface area contributed by atoms with Gasteiger partial charge in [0.25, 0.3) is 5.91 Å². The molecule has 3 atom stereocenters. The van der Waals surface area contributed by atoms with Gasteiger partial charge >= 0.3 is 12.1 Å². The summed E-state index contributed by atoms with van der Waals surface area (Å²) in [6, 6.07) is 11.0. The highest BCUT2D eigenvalue weighted by Gasteiger charge is 2.28. The summed E-state index contributed by atoms with van der Waals surface area (Å²) in [5.41, 5.74) is -0.430. The number of carbonyl (C=O) groups excluding carboxylic acids is 3. The number of alkyl carbamates (subject to hydrolysis) is 1. The summed E-state index contributed by atoms with van der Waals surface area (Å²) in [6.45, 7) is 14.2. The van der Waals surface area contributed by atoms with Crippen LogP contribution in [0.2, 0.25) is 0 Å². The first-order chi connectivity index (χ1) is 19.9. The van der Waals surface area contributed by atoms with Crippen molar-refractivity contribution >= 4 is 29.6 Å². The largest absolute Gasteiger partial charge is 0.478 e. The van der Waals surface area contributed by atoms with E-state index in [4.69, 9.17) is 19.6 Å². The van der Waals surface area contributed by atoms with Crippen molar-refractivity contribution in [1.29, 1.82) is 5.41 Å². The molecule has 0 aromatic heterocycles. The number of amides is 2. The Morgan fingerprint density at radius 2 is 1.40 bits per heavy atom. The normalized spacial score (nSPS) is 13.7. The molecule has 0 aliphatic heterocycles. The lowest BCUT2D eigenvalue weighted by atomic mass is 10.0. The van der Waals surface area contributed by atoms with Crippen LogP contribution in [0.25, 0.3) is 0 Å². The van der Waals surface area contributed by atoms with Gasteiger partial charge in [-0.15, -0.1) is 0 Å². The number of carboxylic acid groups (broad SMARTS) is 1. The summed E-state index contributed by atoms with van der Waals surface area (Å²) in [7, 11) is 0. The third-order valence-corrected chi connectivity index (χ3v) is 6.17. The van der Waals surface area contributed by atoms with E-state index in [2.05, 4.69) is 10.6 Å². The van der Waals surface area contributed by atoms with E-state index in [0.717, 1.165) is 0 Å². The van der Waals surface area contributed by atoms with Gasteiger partial charge in [-0.25, -0.2) is 9.59 Å². The highest BCUT2D eigenvalue weighted by atomic mass is 16.6. The maximum absolute atomic E-state index is 13.5. The topological polar surface area (TPSA) is 164 Å². The van der Waals surface area contributed by atoms with Crippen LogP contribution in [0, 0.1) is 11.3 Å². The molecule has 0 aliphatic rings. The first-order valence-corrected chi connectivity index (χ1v) is 14.1. The quantitative estimate of drug-likeness (QED) is 0.147. The molecular weight excluding hydrogens is 554 g/mol. The van der Waals surface area contributed by atoms with Crippen LogP contribution in [0.3, 0.4) is 0 Å². The number of carboxylic acids is 1. The molecule has 4 N–H and O–H groups in total. The number of hydrogen-bond donors (Lipinski definition) is 4. The van der Waals surface area contributed by atoms with Gasteiger partial charge in [0, 0.05) is 22.6 Å². The third-order valence-electron chi connectivity index (χ3n) is 6.17. The minimum Gasteiger partial charge on any atom is -0.478 e. The zero-order valence-corrected chi connectivity index (χ0v) is 26.1. The number of amidine groups is 1. The number of ketones is 1. The fourth-order valence-corrected chi connectivity index (χ4v) is 3.69. The summed E-state index contributed by atoms with van der Waals surface area (Å²) < 4.78 is 16.6. The second-order valence-electron chi connectivity index (χ2n) is 12.2. The summed E-state index contributed by atoms with van der Waals surface area (Å²) in [4.78, 5) is 50.2. The second-order valence-corrected chi connectivity index (χ2v) is 12.2. The Kier molecular flexibility index (Phi) is 12.0. The molecule has 11 heteroatoms. The molecule has 2 aromatic carbocycles. The number of hydrogen-bond acceptors (Lipinski definition) is 8. The molecular formula is C32H43N3O8. The lowest BCUT2D eigenvalue weighted by Crippen LogP contribution is -2.45. The van der Waals surface area contributed by atoms with E-state index in [1.807, 2.05) is 27.7 Å². The Morgan fingerprint density at radius 3 is 1.88 bits per heavy atom. The minimum atomic E-state index is -1.07. The predicted molar refractivity (Wildman–Crippen MR) is 162 cm³/mol. The number of aliphatic carboxylic acids is 1. The van der Waals surface area contributed by atoms with E-state index in [1.54, 1.807) is 27.7 Å². The van der Waals surface area contributed by atoms with Crippen LogP contribution in [0.5, 0.6) is 5.75 Å². The van der Waals surface area contributed by atoms with E-state index < -0.39 is 47.1 Å². The molecule has 43 heavy (non-hydrogen) atoms. The number of Topliss-reactive ketones (excluding diaryl/α,β-unsaturated/α-hetero) is 1. The van der Waals surface area contributed by atoms with Gasteiger partial charge in [-0.2, -0.15) is 0 Å². The second kappa shape index (κ2) is 14.8. The molecule has 11 nitrogen and oxygen atoms in total. The molecule has 0 fully saturated rings. The lowest BCUT2D eigenvalue weighted by Gasteiger charge is -2.25. The van der Waals surface area contributed by atoms with Crippen LogP contribution in [-0.2, 0) is 14.3 Å². The predicted octanol–water partition coefficient (Wildman–Crippen LogP) is 5.21. The van der Waals surface area contributed by atoms with Gasteiger partial charge in [0.1, 0.15) is 23.2 Å². The fraction of sp³-hybridized carbons (Fsp3) is 0.469. The van der Waals surface area contributed by atoms with E-state index >= 15 is 0 Å². The SMILES string of the molecule is CC[C@H](C)C(Oc1ccc(C(=O)C(COC(C)(C)C)NC(=O)c2ccc(C(=N)NC(=O)OC(C)(C)C)cc2)cc1)C(=O)O. The highest BCUT2D eigenvalue weighted by molar-refractivity contribution is 6.06. The van der Waals surface area contributed by atoms with Crippen LogP contribution in [0.1, 0.15) is 88.1 Å². The van der Waals surface area contributed by atoms with Gasteiger partial charge in [0.05, 0.1) is 12.2 Å². The van der Waals surface area contributed by atoms with E-state index in [9.17, 15) is 24.3 Å². The molecule has 2 amide bonds. The van der Waals surface area contributed by atoms with Crippen LogP contribution < -0.4 is 15.4 Å². The molecule has 2 rings (SSSR count). The molecule has 0 spiro atoms. The summed E-state index contributed by atoms with van der Waals surface area (Å²) >= 11 is 0. The molecule has 2 aromatic rings. The van der Waals surface area contributed by atoms with E-state index in [-0.39, 0.29) is 29.5 Å². The average molecular weight is 598 g/mol. The van der Waals surface area contributed by atoms with Gasteiger partial charge in [0.15, 0.2) is 11.9 Å². The van der Waals surface area contributed by atoms with Crippen molar-refractivity contribution in [3.05, 3.63) is 65.2 Å². The Morgan fingerprint density at radius 1 is 0.860 bits per heavy atom.